The van der Waals surface area contributed by atoms with Gasteiger partial charge in [-0.1, -0.05) is 19.3 Å². The smallest absolute Gasteiger partial charge is 0.257 e. The van der Waals surface area contributed by atoms with E-state index in [0.717, 1.165) is 36.1 Å². The summed E-state index contributed by atoms with van der Waals surface area (Å²) in [6, 6.07) is 0. The van der Waals surface area contributed by atoms with Crippen molar-refractivity contribution in [2.24, 2.45) is 5.92 Å². The van der Waals surface area contributed by atoms with Crippen molar-refractivity contribution in [3.63, 3.8) is 0 Å². The number of rotatable bonds is 3. The van der Waals surface area contributed by atoms with E-state index < -0.39 is 0 Å². The number of thiophene rings is 1. The summed E-state index contributed by atoms with van der Waals surface area (Å²) in [5, 5.41) is 10.0. The highest BCUT2D eigenvalue weighted by Gasteiger charge is 2.38. The maximum absolute atomic E-state index is 13.0. The Hall–Kier alpha value is -1.93. The number of carbonyl (C=O) groups excluding carboxylic acids is 3. The second-order valence-electron chi connectivity index (χ2n) is 7.96. The molecular formula is C20H27N3O4S. The Morgan fingerprint density at radius 3 is 2.64 bits per heavy atom. The second kappa shape index (κ2) is 7.83. The Morgan fingerprint density at radius 1 is 1.18 bits per heavy atom. The van der Waals surface area contributed by atoms with Crippen LogP contribution in [0.2, 0.25) is 0 Å². The van der Waals surface area contributed by atoms with Crippen molar-refractivity contribution >= 4 is 34.1 Å². The van der Waals surface area contributed by atoms with Crippen molar-refractivity contribution in [2.45, 2.75) is 45.1 Å². The summed E-state index contributed by atoms with van der Waals surface area (Å²) in [5.74, 6) is 0.0414. The van der Waals surface area contributed by atoms with E-state index in [9.17, 15) is 19.5 Å². The molecule has 2 aliphatic heterocycles. The first-order valence-electron chi connectivity index (χ1n) is 10.1. The molecule has 0 saturated heterocycles. The molecule has 0 bridgehead atoms. The summed E-state index contributed by atoms with van der Waals surface area (Å²) < 4.78 is 0. The lowest BCUT2D eigenvalue weighted by Gasteiger charge is -2.32. The number of amides is 3. The number of aliphatic hydroxyl groups is 1. The first kappa shape index (κ1) is 19.4. The molecule has 0 atom stereocenters. The highest BCUT2D eigenvalue weighted by atomic mass is 32.1. The molecule has 152 valence electrons. The molecule has 3 aliphatic rings. The number of hydrogen-bond donors (Lipinski definition) is 1. The lowest BCUT2D eigenvalue weighted by Crippen LogP contribution is -2.40. The molecule has 0 radical (unpaired) electrons. The third-order valence-corrected chi connectivity index (χ3v) is 7.35. The quantitative estimate of drug-likeness (QED) is 0.829. The minimum atomic E-state index is -0.183. The van der Waals surface area contributed by atoms with Crippen LogP contribution < -0.4 is 4.90 Å². The zero-order valence-electron chi connectivity index (χ0n) is 16.3. The molecule has 1 fully saturated rings. The molecule has 1 aliphatic carbocycles. The summed E-state index contributed by atoms with van der Waals surface area (Å²) in [6.07, 6.45) is 6.07. The van der Waals surface area contributed by atoms with Gasteiger partial charge in [0.05, 0.1) is 18.7 Å². The average molecular weight is 406 g/mol. The molecule has 3 amide bonds. The Balaban J connectivity index is 1.64. The van der Waals surface area contributed by atoms with E-state index in [1.807, 2.05) is 4.90 Å². The topological polar surface area (TPSA) is 81.2 Å². The Bertz CT molecular complexity index is 800. The van der Waals surface area contributed by atoms with Crippen LogP contribution in [-0.4, -0.2) is 65.9 Å². The molecule has 0 spiro atoms. The second-order valence-corrected chi connectivity index (χ2v) is 9.04. The van der Waals surface area contributed by atoms with Gasteiger partial charge >= 0.3 is 0 Å². The van der Waals surface area contributed by atoms with Gasteiger partial charge in [-0.15, -0.1) is 11.3 Å². The number of fused-ring (bicyclic) bond motifs is 3. The minimum Gasteiger partial charge on any atom is -0.395 e. The maximum Gasteiger partial charge on any atom is 0.257 e. The lowest BCUT2D eigenvalue weighted by atomic mass is 9.87. The first-order valence-corrected chi connectivity index (χ1v) is 10.9. The largest absolute Gasteiger partial charge is 0.395 e. The molecular weight excluding hydrogens is 378 g/mol. The SMILES string of the molecule is CN1CC(=O)N(CCO)c2sc3c(c2C1=O)CCN(C(=O)C1CCCCC1)C3. The van der Waals surface area contributed by atoms with Crippen molar-refractivity contribution in [3.8, 4) is 0 Å². The van der Waals surface area contributed by atoms with Gasteiger partial charge in [0.2, 0.25) is 11.8 Å². The molecule has 7 nitrogen and oxygen atoms in total. The molecule has 1 saturated carbocycles. The van der Waals surface area contributed by atoms with Crippen LogP contribution >= 0.6 is 11.3 Å². The van der Waals surface area contributed by atoms with Crippen molar-refractivity contribution < 1.29 is 19.5 Å². The Labute approximate surface area is 168 Å². The molecule has 4 rings (SSSR count). The predicted molar refractivity (Wildman–Crippen MR) is 106 cm³/mol. The summed E-state index contributed by atoms with van der Waals surface area (Å²) in [7, 11) is 1.64. The van der Waals surface area contributed by atoms with Crippen molar-refractivity contribution in [2.75, 3.05) is 38.2 Å². The van der Waals surface area contributed by atoms with Crippen LogP contribution in [0.5, 0.6) is 0 Å². The van der Waals surface area contributed by atoms with Gasteiger partial charge in [0.1, 0.15) is 11.5 Å². The minimum absolute atomic E-state index is 0.0152. The van der Waals surface area contributed by atoms with E-state index in [0.29, 0.717) is 30.1 Å². The fourth-order valence-corrected chi connectivity index (χ4v) is 5.98. The number of aliphatic hydroxyl groups excluding tert-OH is 1. The van der Waals surface area contributed by atoms with Crippen LogP contribution in [0.15, 0.2) is 0 Å². The number of hydrogen-bond acceptors (Lipinski definition) is 5. The van der Waals surface area contributed by atoms with E-state index in [-0.39, 0.29) is 43.3 Å². The van der Waals surface area contributed by atoms with E-state index >= 15 is 0 Å². The fraction of sp³-hybridized carbons (Fsp3) is 0.650. The monoisotopic (exact) mass is 405 g/mol. The van der Waals surface area contributed by atoms with Crippen molar-refractivity contribution in [1.82, 2.24) is 9.80 Å². The number of anilines is 1. The van der Waals surface area contributed by atoms with E-state index in [2.05, 4.69) is 0 Å². The van der Waals surface area contributed by atoms with Crippen LogP contribution in [-0.2, 0) is 22.6 Å². The van der Waals surface area contributed by atoms with Gasteiger partial charge < -0.3 is 14.9 Å². The summed E-state index contributed by atoms with van der Waals surface area (Å²) >= 11 is 1.43. The van der Waals surface area contributed by atoms with Gasteiger partial charge in [-0.2, -0.15) is 0 Å². The van der Waals surface area contributed by atoms with Gasteiger partial charge in [-0.25, -0.2) is 0 Å². The van der Waals surface area contributed by atoms with Gasteiger partial charge in [-0.05, 0) is 24.8 Å². The number of β-amino-alcohol motifs (C(OH)–C–C–N with tert-alkyl or cyclic N) is 1. The zero-order valence-corrected chi connectivity index (χ0v) is 17.1. The fourth-order valence-electron chi connectivity index (χ4n) is 4.59. The number of carbonyl (C=O) groups is 3. The van der Waals surface area contributed by atoms with Gasteiger partial charge in [0, 0.05) is 30.9 Å². The summed E-state index contributed by atoms with van der Waals surface area (Å²) in [6.45, 7) is 1.17. The Kier molecular flexibility index (Phi) is 5.42. The summed E-state index contributed by atoms with van der Waals surface area (Å²) in [5.41, 5.74) is 1.56. The van der Waals surface area contributed by atoms with Gasteiger partial charge in [0.25, 0.3) is 5.91 Å². The predicted octanol–water partition coefficient (Wildman–Crippen LogP) is 1.62. The van der Waals surface area contributed by atoms with Crippen LogP contribution in [0.25, 0.3) is 0 Å². The van der Waals surface area contributed by atoms with Crippen molar-refractivity contribution in [1.29, 1.82) is 0 Å². The summed E-state index contributed by atoms with van der Waals surface area (Å²) in [4.78, 5) is 44.4. The van der Waals surface area contributed by atoms with Crippen LogP contribution in [0, 0.1) is 5.92 Å². The third kappa shape index (κ3) is 3.33. The lowest BCUT2D eigenvalue weighted by molar-refractivity contribution is -0.137. The molecule has 8 heteroatoms. The van der Waals surface area contributed by atoms with Gasteiger partial charge in [0.15, 0.2) is 0 Å². The first-order chi connectivity index (χ1) is 13.5. The van der Waals surface area contributed by atoms with Crippen LogP contribution in [0.3, 0.4) is 0 Å². The van der Waals surface area contributed by atoms with Crippen LogP contribution in [0.1, 0.15) is 52.9 Å². The third-order valence-electron chi connectivity index (χ3n) is 6.11. The normalized spacial score (nSPS) is 20.9. The average Bonchev–Trinajstić information content (AvgIpc) is 3.05. The Morgan fingerprint density at radius 2 is 1.93 bits per heavy atom. The van der Waals surface area contributed by atoms with Gasteiger partial charge in [-0.3, -0.25) is 19.3 Å². The molecule has 0 unspecified atom stereocenters. The molecule has 28 heavy (non-hydrogen) atoms. The standard InChI is InChI=1S/C20H27N3O4S/c1-21-12-16(25)23(9-10-24)20-17(19(21)27)14-7-8-22(11-15(14)28-20)18(26)13-5-3-2-4-6-13/h13,24H,2-12H2,1H3. The highest BCUT2D eigenvalue weighted by Crippen LogP contribution is 2.41. The maximum atomic E-state index is 13.0. The molecule has 3 heterocycles. The number of likely N-dealkylation sites (N-methyl/N-ethyl adjacent to an activating group) is 1. The number of nitrogens with zero attached hydrogens (tertiary/aromatic N) is 3. The highest BCUT2D eigenvalue weighted by molar-refractivity contribution is 7.17. The van der Waals surface area contributed by atoms with Crippen LogP contribution in [0.4, 0.5) is 5.00 Å². The molecule has 0 aromatic carbocycles. The van der Waals surface area contributed by atoms with Crippen molar-refractivity contribution in [3.05, 3.63) is 16.0 Å². The van der Waals surface area contributed by atoms with E-state index in [1.165, 1.54) is 27.6 Å². The van der Waals surface area contributed by atoms with E-state index in [1.54, 1.807) is 7.05 Å². The molecule has 1 aromatic heterocycles. The molecule has 1 aromatic rings. The zero-order chi connectivity index (χ0) is 19.8. The van der Waals surface area contributed by atoms with E-state index in [4.69, 9.17) is 0 Å². The molecule has 1 N–H and O–H groups in total.